The molecule has 0 aliphatic carbocycles. The highest BCUT2D eigenvalue weighted by Gasteiger charge is 2.32. The van der Waals surface area contributed by atoms with Gasteiger partial charge in [0.25, 0.3) is 11.8 Å². The van der Waals surface area contributed by atoms with Gasteiger partial charge < -0.3 is 21.3 Å². The number of nitrogens with two attached hydrogens (primary N) is 1. The molecule has 3 aromatic heterocycles. The zero-order chi connectivity index (χ0) is 26.2. The number of nitrogens with one attached hydrogen (secondary N) is 2. The van der Waals surface area contributed by atoms with Crippen LogP contribution in [0.5, 0.6) is 0 Å². The summed E-state index contributed by atoms with van der Waals surface area (Å²) in [6.07, 6.45) is 6.63. The van der Waals surface area contributed by atoms with Crippen molar-refractivity contribution < 1.29 is 9.59 Å². The Morgan fingerprint density at radius 1 is 1.19 bits per heavy atom. The molecule has 4 rings (SSSR count). The van der Waals surface area contributed by atoms with Crippen molar-refractivity contribution in [2.45, 2.75) is 58.0 Å². The van der Waals surface area contributed by atoms with Gasteiger partial charge >= 0.3 is 0 Å². The van der Waals surface area contributed by atoms with E-state index >= 15 is 0 Å². The van der Waals surface area contributed by atoms with E-state index < -0.39 is 5.91 Å². The predicted molar refractivity (Wildman–Crippen MR) is 136 cm³/mol. The molecule has 0 aromatic carbocycles. The number of hydrogen-bond donors (Lipinski definition) is 3. The first kappa shape index (κ1) is 25.1. The van der Waals surface area contributed by atoms with E-state index in [-0.39, 0.29) is 34.9 Å². The number of primary amides is 1. The number of carbonyl (C=O) groups is 2. The first-order valence-electron chi connectivity index (χ1n) is 12.0. The van der Waals surface area contributed by atoms with Crippen LogP contribution in [0.25, 0.3) is 0 Å². The molecule has 1 fully saturated rings. The fourth-order valence-electron chi connectivity index (χ4n) is 4.36. The minimum absolute atomic E-state index is 0.0444. The third-order valence-electron chi connectivity index (χ3n) is 6.44. The van der Waals surface area contributed by atoms with E-state index in [0.717, 1.165) is 25.1 Å². The maximum atomic E-state index is 13.2. The lowest BCUT2D eigenvalue weighted by molar-refractivity contribution is 0.0914. The summed E-state index contributed by atoms with van der Waals surface area (Å²) < 4.78 is 3.27. The molecule has 1 saturated heterocycles. The molecule has 12 heteroatoms. The predicted octanol–water partition coefficient (Wildman–Crippen LogP) is 1.87. The molecule has 0 saturated carbocycles. The van der Waals surface area contributed by atoms with Gasteiger partial charge in [-0.15, -0.1) is 0 Å². The van der Waals surface area contributed by atoms with E-state index in [9.17, 15) is 9.59 Å². The molecule has 12 nitrogen and oxygen atoms in total. The largest absolute Gasteiger partial charge is 0.364 e. The quantitative estimate of drug-likeness (QED) is 0.470. The van der Waals surface area contributed by atoms with Crippen LogP contribution in [-0.2, 0) is 19.5 Å². The van der Waals surface area contributed by atoms with Gasteiger partial charge in [-0.2, -0.15) is 10.2 Å². The topological polar surface area (TPSA) is 149 Å². The first-order valence-corrected chi connectivity index (χ1v) is 12.0. The van der Waals surface area contributed by atoms with Gasteiger partial charge in [0.05, 0.1) is 23.8 Å². The third-order valence-corrected chi connectivity index (χ3v) is 6.44. The molecule has 3 aromatic rings. The van der Waals surface area contributed by atoms with Crippen LogP contribution < -0.4 is 21.3 Å². The van der Waals surface area contributed by atoms with Crippen LogP contribution in [0.15, 0.2) is 24.7 Å². The molecule has 1 aliphatic rings. The van der Waals surface area contributed by atoms with Crippen LogP contribution in [0.4, 0.5) is 17.3 Å². The Morgan fingerprint density at radius 3 is 2.56 bits per heavy atom. The second-order valence-corrected chi connectivity index (χ2v) is 10.3. The molecule has 0 spiro atoms. The van der Waals surface area contributed by atoms with E-state index in [1.807, 2.05) is 13.0 Å². The number of aryl methyl sites for hydroxylation is 2. The van der Waals surface area contributed by atoms with Crippen LogP contribution >= 0.6 is 0 Å². The number of hydrogen-bond acceptors (Lipinski definition) is 8. The Hall–Kier alpha value is -3.96. The lowest BCUT2D eigenvalue weighted by atomic mass is 9.92. The third kappa shape index (κ3) is 5.16. The van der Waals surface area contributed by atoms with Crippen molar-refractivity contribution >= 4 is 29.1 Å². The number of rotatable bonds is 6. The Morgan fingerprint density at radius 2 is 1.94 bits per heavy atom. The highest BCUT2D eigenvalue weighted by atomic mass is 16.2. The number of carbonyl (C=O) groups excluding carboxylic acids is 2. The number of amides is 2. The summed E-state index contributed by atoms with van der Waals surface area (Å²) in [5.41, 5.74) is 7.48. The van der Waals surface area contributed by atoms with Crippen LogP contribution in [0.1, 0.15) is 67.2 Å². The summed E-state index contributed by atoms with van der Waals surface area (Å²) in [5, 5.41) is 14.9. The fraction of sp³-hybridized carbons (Fsp3) is 0.500. The molecule has 1 aliphatic heterocycles. The van der Waals surface area contributed by atoms with Crippen molar-refractivity contribution in [1.29, 1.82) is 0 Å². The maximum absolute atomic E-state index is 13.2. The van der Waals surface area contributed by atoms with Crippen molar-refractivity contribution in [3.8, 4) is 0 Å². The van der Waals surface area contributed by atoms with E-state index in [0.29, 0.717) is 17.2 Å². The van der Waals surface area contributed by atoms with E-state index in [2.05, 4.69) is 56.5 Å². The minimum atomic E-state index is -0.678. The van der Waals surface area contributed by atoms with E-state index in [4.69, 9.17) is 5.73 Å². The summed E-state index contributed by atoms with van der Waals surface area (Å²) >= 11 is 0. The number of anilines is 3. The second-order valence-electron chi connectivity index (χ2n) is 10.3. The number of aromatic nitrogens is 6. The summed E-state index contributed by atoms with van der Waals surface area (Å²) in [5.74, 6) is 0.0146. The van der Waals surface area contributed by atoms with Gasteiger partial charge in [-0.25, -0.2) is 9.97 Å². The van der Waals surface area contributed by atoms with Gasteiger partial charge in [0.15, 0.2) is 11.5 Å². The molecule has 4 heterocycles. The fourth-order valence-corrected chi connectivity index (χ4v) is 4.36. The molecule has 2 atom stereocenters. The molecule has 0 radical (unpaired) electrons. The standard InChI is InChI=1S/C24H34N10O2/c1-14-16(29-23(36)17-10-18(24(2,3)4)31-33(17)6)8-7-9-34(14)19-12-26-20(21(25)35)22(30-19)28-15-11-27-32(5)13-15/h10-14,16H,7-9H2,1-6H3,(H2,25,35)(H,28,30)(H,29,36)/t14-,16-/m1/s1. The Balaban J connectivity index is 1.54. The SMILES string of the molecule is C[C@@H]1[C@H](NC(=O)c2cc(C(C)(C)C)nn2C)CCCN1c1cnc(C(N)=O)c(Nc2cnn(C)c2)n1. The molecule has 2 amide bonds. The summed E-state index contributed by atoms with van der Waals surface area (Å²) in [7, 11) is 3.58. The molecule has 192 valence electrons. The number of nitrogens with zero attached hydrogens (tertiary/aromatic N) is 7. The van der Waals surface area contributed by atoms with Crippen LogP contribution in [-0.4, -0.2) is 60.0 Å². The van der Waals surface area contributed by atoms with E-state index in [1.165, 1.54) is 0 Å². The highest BCUT2D eigenvalue weighted by Crippen LogP contribution is 2.27. The first-order chi connectivity index (χ1) is 16.9. The lowest BCUT2D eigenvalue weighted by Crippen LogP contribution is -2.54. The zero-order valence-electron chi connectivity index (χ0n) is 21.6. The van der Waals surface area contributed by atoms with Gasteiger partial charge in [-0.3, -0.25) is 19.0 Å². The molecule has 0 unspecified atom stereocenters. The lowest BCUT2D eigenvalue weighted by Gasteiger charge is -2.40. The van der Waals surface area contributed by atoms with Gasteiger partial charge in [0.1, 0.15) is 11.5 Å². The van der Waals surface area contributed by atoms with Crippen LogP contribution in [0.3, 0.4) is 0 Å². The van der Waals surface area contributed by atoms with Crippen molar-refractivity contribution in [2.75, 3.05) is 16.8 Å². The van der Waals surface area contributed by atoms with Gasteiger partial charge in [-0.1, -0.05) is 20.8 Å². The summed E-state index contributed by atoms with van der Waals surface area (Å²) in [4.78, 5) is 36.2. The Kier molecular flexibility index (Phi) is 6.70. The molecular formula is C24H34N10O2. The van der Waals surface area contributed by atoms with Crippen LogP contribution in [0, 0.1) is 0 Å². The summed E-state index contributed by atoms with van der Waals surface area (Å²) in [6.45, 7) is 9.00. The zero-order valence-corrected chi connectivity index (χ0v) is 21.6. The van der Waals surface area contributed by atoms with Gasteiger partial charge in [0, 0.05) is 44.3 Å². The average Bonchev–Trinajstić information content (AvgIpc) is 3.40. The Bertz CT molecular complexity index is 1270. The van der Waals surface area contributed by atoms with Crippen LogP contribution in [0.2, 0.25) is 0 Å². The monoisotopic (exact) mass is 494 g/mol. The number of piperidine rings is 1. The normalized spacial score (nSPS) is 18.2. The summed E-state index contributed by atoms with van der Waals surface area (Å²) in [6, 6.07) is 1.69. The van der Waals surface area contributed by atoms with Gasteiger partial charge in [-0.05, 0) is 25.8 Å². The highest BCUT2D eigenvalue weighted by molar-refractivity contribution is 5.96. The van der Waals surface area contributed by atoms with Crippen molar-refractivity contribution in [2.24, 2.45) is 19.8 Å². The smallest absolute Gasteiger partial charge is 0.271 e. The van der Waals surface area contributed by atoms with Crippen molar-refractivity contribution in [3.05, 3.63) is 41.7 Å². The van der Waals surface area contributed by atoms with Gasteiger partial charge in [0.2, 0.25) is 0 Å². The average molecular weight is 495 g/mol. The molecule has 0 bridgehead atoms. The maximum Gasteiger partial charge on any atom is 0.271 e. The van der Waals surface area contributed by atoms with E-state index in [1.54, 1.807) is 42.0 Å². The molecular weight excluding hydrogens is 460 g/mol. The minimum Gasteiger partial charge on any atom is -0.364 e. The second kappa shape index (κ2) is 9.59. The Labute approximate surface area is 210 Å². The molecule has 4 N–H and O–H groups in total. The van der Waals surface area contributed by atoms with Crippen molar-refractivity contribution in [3.63, 3.8) is 0 Å². The molecule has 36 heavy (non-hydrogen) atoms. The van der Waals surface area contributed by atoms with Crippen molar-refractivity contribution in [1.82, 2.24) is 34.8 Å².